The van der Waals surface area contributed by atoms with Gasteiger partial charge in [0.2, 0.25) is 0 Å². The van der Waals surface area contributed by atoms with Crippen LogP contribution in [-0.2, 0) is 6.42 Å². The monoisotopic (exact) mass is 203 g/mol. The minimum Gasteiger partial charge on any atom is -0.395 e. The van der Waals surface area contributed by atoms with Gasteiger partial charge in [0.1, 0.15) is 0 Å². The van der Waals surface area contributed by atoms with Gasteiger partial charge >= 0.3 is 0 Å². The van der Waals surface area contributed by atoms with E-state index in [0.717, 1.165) is 5.56 Å². The Kier molecular flexibility index (Phi) is 4.33. The molecule has 0 saturated heterocycles. The van der Waals surface area contributed by atoms with E-state index in [4.69, 9.17) is 10.4 Å². The Hall–Kier alpha value is -1.33. The SMILES string of the molecule is CC(C)c1ccc(C[C@H](C#N)CO)cc1. The van der Waals surface area contributed by atoms with Crippen molar-refractivity contribution >= 4 is 0 Å². The molecule has 1 aromatic rings. The molecule has 0 amide bonds. The second-order valence-electron chi connectivity index (χ2n) is 4.11. The zero-order valence-electron chi connectivity index (χ0n) is 9.27. The molecule has 1 aromatic carbocycles. The number of aliphatic hydroxyl groups is 1. The van der Waals surface area contributed by atoms with Crippen LogP contribution in [-0.4, -0.2) is 11.7 Å². The van der Waals surface area contributed by atoms with Gasteiger partial charge in [-0.05, 0) is 23.5 Å². The lowest BCUT2D eigenvalue weighted by Crippen LogP contribution is -2.06. The predicted octanol–water partition coefficient (Wildman–Crippen LogP) is 2.48. The van der Waals surface area contributed by atoms with Gasteiger partial charge in [0.15, 0.2) is 0 Å². The number of aliphatic hydroxyl groups excluding tert-OH is 1. The smallest absolute Gasteiger partial charge is 0.0734 e. The van der Waals surface area contributed by atoms with E-state index in [1.54, 1.807) is 0 Å². The molecule has 0 radical (unpaired) electrons. The van der Waals surface area contributed by atoms with Gasteiger partial charge in [-0.25, -0.2) is 0 Å². The van der Waals surface area contributed by atoms with E-state index >= 15 is 0 Å². The molecule has 0 aromatic heterocycles. The van der Waals surface area contributed by atoms with Gasteiger partial charge in [-0.2, -0.15) is 5.26 Å². The second kappa shape index (κ2) is 5.53. The lowest BCUT2D eigenvalue weighted by atomic mass is 9.97. The normalized spacial score (nSPS) is 12.5. The van der Waals surface area contributed by atoms with E-state index in [2.05, 4.69) is 32.0 Å². The molecule has 0 heterocycles. The van der Waals surface area contributed by atoms with E-state index in [0.29, 0.717) is 12.3 Å². The summed E-state index contributed by atoms with van der Waals surface area (Å²) in [4.78, 5) is 0. The molecule has 0 aliphatic carbocycles. The minimum atomic E-state index is -0.283. The lowest BCUT2D eigenvalue weighted by Gasteiger charge is -2.08. The van der Waals surface area contributed by atoms with Gasteiger partial charge < -0.3 is 5.11 Å². The van der Waals surface area contributed by atoms with Crippen molar-refractivity contribution in [1.82, 2.24) is 0 Å². The molecule has 2 nitrogen and oxygen atoms in total. The molecular formula is C13H17NO. The van der Waals surface area contributed by atoms with Crippen LogP contribution in [0, 0.1) is 17.2 Å². The van der Waals surface area contributed by atoms with Crippen LogP contribution in [0.2, 0.25) is 0 Å². The van der Waals surface area contributed by atoms with Crippen LogP contribution in [0.4, 0.5) is 0 Å². The maximum atomic E-state index is 8.91. The maximum Gasteiger partial charge on any atom is 0.0734 e. The van der Waals surface area contributed by atoms with E-state index in [-0.39, 0.29) is 12.5 Å². The predicted molar refractivity (Wildman–Crippen MR) is 60.4 cm³/mol. The molecule has 0 spiro atoms. The molecule has 0 aliphatic rings. The molecule has 15 heavy (non-hydrogen) atoms. The Balaban J connectivity index is 2.69. The summed E-state index contributed by atoms with van der Waals surface area (Å²) < 4.78 is 0. The van der Waals surface area contributed by atoms with Gasteiger partial charge in [0.25, 0.3) is 0 Å². The summed E-state index contributed by atoms with van der Waals surface area (Å²) in [6.07, 6.45) is 0.630. The first-order valence-corrected chi connectivity index (χ1v) is 5.26. The average Bonchev–Trinajstić information content (AvgIpc) is 2.26. The summed E-state index contributed by atoms with van der Waals surface area (Å²) in [5.74, 6) is 0.249. The Morgan fingerprint density at radius 3 is 2.27 bits per heavy atom. The fourth-order valence-corrected chi connectivity index (χ4v) is 1.47. The van der Waals surface area contributed by atoms with E-state index < -0.39 is 0 Å². The van der Waals surface area contributed by atoms with Crippen molar-refractivity contribution in [2.45, 2.75) is 26.2 Å². The number of hydrogen-bond donors (Lipinski definition) is 1. The standard InChI is InChI=1S/C13H17NO/c1-10(2)13-5-3-11(4-6-13)7-12(8-14)9-15/h3-6,10,12,15H,7,9H2,1-2H3/t12-/m1/s1. The largest absolute Gasteiger partial charge is 0.395 e. The van der Waals surface area contributed by atoms with Crippen molar-refractivity contribution in [3.63, 3.8) is 0 Å². The van der Waals surface area contributed by atoms with Gasteiger partial charge in [-0.15, -0.1) is 0 Å². The Morgan fingerprint density at radius 1 is 1.27 bits per heavy atom. The van der Waals surface area contributed by atoms with Gasteiger partial charge in [0, 0.05) is 0 Å². The van der Waals surface area contributed by atoms with Gasteiger partial charge in [-0.1, -0.05) is 38.1 Å². The van der Waals surface area contributed by atoms with Crippen molar-refractivity contribution in [2.75, 3.05) is 6.61 Å². The first kappa shape index (κ1) is 11.7. The van der Waals surface area contributed by atoms with Crippen molar-refractivity contribution in [3.05, 3.63) is 35.4 Å². The summed E-state index contributed by atoms with van der Waals surface area (Å²) in [5, 5.41) is 17.6. The van der Waals surface area contributed by atoms with Crippen molar-refractivity contribution < 1.29 is 5.11 Å². The summed E-state index contributed by atoms with van der Waals surface area (Å²) in [7, 11) is 0. The van der Waals surface area contributed by atoms with E-state index in [9.17, 15) is 0 Å². The zero-order chi connectivity index (χ0) is 11.3. The molecule has 0 fully saturated rings. The Bertz CT molecular complexity index is 335. The quantitative estimate of drug-likeness (QED) is 0.817. The summed E-state index contributed by atoms with van der Waals surface area (Å²) in [6, 6.07) is 10.3. The third-order valence-electron chi connectivity index (χ3n) is 2.53. The zero-order valence-corrected chi connectivity index (χ0v) is 9.27. The molecule has 0 unspecified atom stereocenters. The van der Waals surface area contributed by atoms with Crippen LogP contribution >= 0.6 is 0 Å². The third kappa shape index (κ3) is 3.38. The fraction of sp³-hybridized carbons (Fsp3) is 0.462. The third-order valence-corrected chi connectivity index (χ3v) is 2.53. The highest BCUT2D eigenvalue weighted by Crippen LogP contribution is 2.16. The topological polar surface area (TPSA) is 44.0 Å². The highest BCUT2D eigenvalue weighted by Gasteiger charge is 2.07. The number of rotatable bonds is 4. The fourth-order valence-electron chi connectivity index (χ4n) is 1.47. The minimum absolute atomic E-state index is 0.0670. The molecule has 80 valence electrons. The summed E-state index contributed by atoms with van der Waals surface area (Å²) in [6.45, 7) is 4.24. The van der Waals surface area contributed by atoms with E-state index in [1.807, 2.05) is 12.1 Å². The first-order valence-electron chi connectivity index (χ1n) is 5.26. The van der Waals surface area contributed by atoms with Crippen molar-refractivity contribution in [2.24, 2.45) is 5.92 Å². The van der Waals surface area contributed by atoms with Crippen LogP contribution in [0.5, 0.6) is 0 Å². The molecule has 0 aliphatic heterocycles. The summed E-state index contributed by atoms with van der Waals surface area (Å²) in [5.41, 5.74) is 2.41. The van der Waals surface area contributed by atoms with Crippen LogP contribution in [0.1, 0.15) is 30.9 Å². The van der Waals surface area contributed by atoms with Gasteiger partial charge in [-0.3, -0.25) is 0 Å². The van der Waals surface area contributed by atoms with Crippen LogP contribution < -0.4 is 0 Å². The van der Waals surface area contributed by atoms with Crippen molar-refractivity contribution in [3.8, 4) is 6.07 Å². The van der Waals surface area contributed by atoms with Crippen LogP contribution in [0.15, 0.2) is 24.3 Å². The van der Waals surface area contributed by atoms with Crippen LogP contribution in [0.3, 0.4) is 0 Å². The molecule has 1 rings (SSSR count). The highest BCUT2D eigenvalue weighted by molar-refractivity contribution is 5.25. The number of nitriles is 1. The number of nitrogens with zero attached hydrogens (tertiary/aromatic N) is 1. The Morgan fingerprint density at radius 2 is 1.87 bits per heavy atom. The molecule has 1 N–H and O–H groups in total. The molecular weight excluding hydrogens is 186 g/mol. The maximum absolute atomic E-state index is 8.91. The number of benzene rings is 1. The van der Waals surface area contributed by atoms with Crippen molar-refractivity contribution in [1.29, 1.82) is 5.26 Å². The second-order valence-corrected chi connectivity index (χ2v) is 4.11. The molecule has 1 atom stereocenters. The van der Waals surface area contributed by atoms with E-state index in [1.165, 1.54) is 5.56 Å². The van der Waals surface area contributed by atoms with Gasteiger partial charge in [0.05, 0.1) is 18.6 Å². The molecule has 2 heteroatoms. The molecule has 0 saturated carbocycles. The highest BCUT2D eigenvalue weighted by atomic mass is 16.3. The first-order chi connectivity index (χ1) is 7.17. The number of hydrogen-bond acceptors (Lipinski definition) is 2. The average molecular weight is 203 g/mol. The Labute approximate surface area is 91.2 Å². The van der Waals surface area contributed by atoms with Crippen LogP contribution in [0.25, 0.3) is 0 Å². The lowest BCUT2D eigenvalue weighted by molar-refractivity contribution is 0.255. The molecule has 0 bridgehead atoms. The summed E-state index contributed by atoms with van der Waals surface area (Å²) >= 11 is 0.